The molecule has 0 aliphatic heterocycles. The van der Waals surface area contributed by atoms with E-state index in [9.17, 15) is 9.59 Å². The predicted molar refractivity (Wildman–Crippen MR) is 92.5 cm³/mol. The summed E-state index contributed by atoms with van der Waals surface area (Å²) in [6.07, 6.45) is 0.432. The Hall–Kier alpha value is -1.03. The van der Waals surface area contributed by atoms with E-state index < -0.39 is 30.3 Å². The molecule has 2 amide bonds. The smallest absolute Gasteiger partial charge is 0.438 e. The molecule has 0 bridgehead atoms. The van der Waals surface area contributed by atoms with Crippen molar-refractivity contribution in [3.63, 3.8) is 0 Å². The minimum absolute atomic E-state index is 0.317. The third-order valence-electron chi connectivity index (χ3n) is 3.25. The van der Waals surface area contributed by atoms with Crippen molar-refractivity contribution < 1.29 is 18.4 Å². The van der Waals surface area contributed by atoms with E-state index >= 15 is 0 Å². The van der Waals surface area contributed by atoms with Crippen LogP contribution in [0.5, 0.6) is 0 Å². The van der Waals surface area contributed by atoms with E-state index in [4.69, 9.17) is 8.85 Å². The van der Waals surface area contributed by atoms with Crippen LogP contribution >= 0.6 is 0 Å². The largest absolute Gasteiger partial charge is 0.504 e. The van der Waals surface area contributed by atoms with Crippen molar-refractivity contribution in [1.29, 1.82) is 0 Å². The summed E-state index contributed by atoms with van der Waals surface area (Å²) in [6.45, 7) is 12.2. The number of amides is 2. The molecule has 0 saturated heterocycles. The lowest BCUT2D eigenvalue weighted by molar-refractivity contribution is 0.199. The van der Waals surface area contributed by atoms with Crippen molar-refractivity contribution in [2.75, 3.05) is 0 Å². The predicted octanol–water partition coefficient (Wildman–Crippen LogP) is 4.80. The lowest BCUT2D eigenvalue weighted by Gasteiger charge is -2.21. The lowest BCUT2D eigenvalue weighted by Crippen LogP contribution is -2.27. The minimum Gasteiger partial charge on any atom is -0.504 e. The van der Waals surface area contributed by atoms with Gasteiger partial charge >= 0.3 is 12.2 Å². The summed E-state index contributed by atoms with van der Waals surface area (Å²) in [7, 11) is -3.26. The van der Waals surface area contributed by atoms with Gasteiger partial charge in [-0.05, 0) is 23.2 Å². The molecule has 0 heterocycles. The Bertz CT molecular complexity index is 362. The molecule has 22 heavy (non-hydrogen) atoms. The zero-order valence-corrected chi connectivity index (χ0v) is 17.0. The van der Waals surface area contributed by atoms with Gasteiger partial charge in [-0.3, -0.25) is 0 Å². The first kappa shape index (κ1) is 21.0. The fourth-order valence-corrected chi connectivity index (χ4v) is 6.84. The lowest BCUT2D eigenvalue weighted by atomic mass is 10.5. The van der Waals surface area contributed by atoms with Crippen molar-refractivity contribution in [1.82, 2.24) is 0 Å². The van der Waals surface area contributed by atoms with Crippen LogP contribution in [0.3, 0.4) is 0 Å². The van der Waals surface area contributed by atoms with E-state index in [0.717, 1.165) is 24.9 Å². The zero-order chi connectivity index (χ0) is 17.1. The van der Waals surface area contributed by atoms with Gasteiger partial charge in [-0.1, -0.05) is 64.6 Å². The van der Waals surface area contributed by atoms with Gasteiger partial charge in [0.05, 0.1) is 0 Å². The molecular weight excluding hydrogens is 316 g/mol. The van der Waals surface area contributed by atoms with Gasteiger partial charge in [0, 0.05) is 0 Å². The Labute approximate surface area is 137 Å². The van der Waals surface area contributed by atoms with E-state index in [2.05, 4.69) is 24.1 Å². The highest BCUT2D eigenvalue weighted by atomic mass is 28.3. The van der Waals surface area contributed by atoms with Crippen molar-refractivity contribution in [2.45, 2.75) is 77.6 Å². The summed E-state index contributed by atoms with van der Waals surface area (Å²) >= 11 is 0. The molecule has 0 N–H and O–H groups in total. The number of azo groups is 1. The second-order valence-electron chi connectivity index (χ2n) is 6.12. The second-order valence-corrected chi connectivity index (χ2v) is 12.6. The summed E-state index contributed by atoms with van der Waals surface area (Å²) in [5, 5.41) is 6.69. The average molecular weight is 347 g/mol. The van der Waals surface area contributed by atoms with Crippen LogP contribution in [-0.2, 0) is 8.85 Å². The number of hydrogen-bond donors (Lipinski definition) is 0. The van der Waals surface area contributed by atoms with Crippen LogP contribution in [0.15, 0.2) is 10.2 Å². The Morgan fingerprint density at radius 2 is 1.27 bits per heavy atom. The molecule has 0 fully saturated rings. The van der Waals surface area contributed by atoms with Crippen LogP contribution in [0.2, 0.25) is 23.2 Å². The fraction of sp³-hybridized carbons (Fsp3) is 0.857. The Morgan fingerprint density at radius 3 is 1.64 bits per heavy atom. The van der Waals surface area contributed by atoms with Gasteiger partial charge in [-0.25, -0.2) is 9.59 Å². The molecule has 0 aromatic heterocycles. The fourth-order valence-electron chi connectivity index (χ4n) is 2.34. The second kappa shape index (κ2) is 11.5. The van der Waals surface area contributed by atoms with E-state index in [1.165, 1.54) is 0 Å². The molecular formula is C14H30N2O4Si2. The molecule has 0 aliphatic carbocycles. The zero-order valence-electron chi connectivity index (χ0n) is 14.7. The Balaban J connectivity index is 4.43. The van der Waals surface area contributed by atoms with E-state index in [1.54, 1.807) is 0 Å². The molecule has 0 radical (unpaired) electrons. The molecule has 8 heteroatoms. The van der Waals surface area contributed by atoms with Gasteiger partial charge in [0.2, 0.25) is 18.1 Å². The molecule has 0 aromatic rings. The van der Waals surface area contributed by atoms with Crippen LogP contribution in [0.4, 0.5) is 9.59 Å². The molecule has 0 rings (SSSR count). The van der Waals surface area contributed by atoms with Gasteiger partial charge in [0.15, 0.2) is 0 Å². The number of carbonyl (C=O) groups excluding carboxylic acids is 2. The minimum atomic E-state index is -1.70. The van der Waals surface area contributed by atoms with Crippen molar-refractivity contribution in [2.24, 2.45) is 10.2 Å². The van der Waals surface area contributed by atoms with E-state index in [0.29, 0.717) is 11.1 Å². The molecule has 0 aliphatic rings. The highest BCUT2D eigenvalue weighted by Gasteiger charge is 2.25. The Morgan fingerprint density at radius 1 is 0.864 bits per heavy atom. The molecule has 0 aromatic carbocycles. The topological polar surface area (TPSA) is 77.3 Å². The van der Waals surface area contributed by atoms with Crippen molar-refractivity contribution in [3.8, 4) is 0 Å². The maximum atomic E-state index is 11.7. The number of nitrogens with zero attached hydrogens (tertiary/aromatic N) is 2. The highest BCUT2D eigenvalue weighted by molar-refractivity contribution is 6.56. The van der Waals surface area contributed by atoms with Gasteiger partial charge in [-0.2, -0.15) is 0 Å². The van der Waals surface area contributed by atoms with E-state index in [-0.39, 0.29) is 0 Å². The summed E-state index contributed by atoms with van der Waals surface area (Å²) in [4.78, 5) is 23.3. The van der Waals surface area contributed by atoms with Gasteiger partial charge in [0.25, 0.3) is 0 Å². The summed E-state index contributed by atoms with van der Waals surface area (Å²) < 4.78 is 10.7. The van der Waals surface area contributed by atoms with Gasteiger partial charge < -0.3 is 8.85 Å². The maximum absolute atomic E-state index is 11.7. The van der Waals surface area contributed by atoms with Crippen LogP contribution < -0.4 is 0 Å². The Kier molecular flexibility index (Phi) is 11.0. The normalized spacial score (nSPS) is 11.9. The van der Waals surface area contributed by atoms with Crippen molar-refractivity contribution >= 4 is 30.3 Å². The van der Waals surface area contributed by atoms with Crippen molar-refractivity contribution in [3.05, 3.63) is 0 Å². The molecule has 0 saturated carbocycles. The van der Waals surface area contributed by atoms with Crippen LogP contribution in [0, 0.1) is 0 Å². The quantitative estimate of drug-likeness (QED) is 0.467. The van der Waals surface area contributed by atoms with Crippen LogP contribution in [-0.4, -0.2) is 30.3 Å². The summed E-state index contributed by atoms with van der Waals surface area (Å²) in [5.74, 6) is 0. The maximum Gasteiger partial charge on any atom is 0.438 e. The molecule has 6 nitrogen and oxygen atoms in total. The first-order chi connectivity index (χ1) is 10.3. The van der Waals surface area contributed by atoms with Gasteiger partial charge in [-0.15, -0.1) is 0 Å². The number of rotatable bonds is 8. The summed E-state index contributed by atoms with van der Waals surface area (Å²) in [6, 6.07) is 1.85. The summed E-state index contributed by atoms with van der Waals surface area (Å²) in [5.41, 5.74) is 0.633. The third kappa shape index (κ3) is 9.09. The first-order valence-electron chi connectivity index (χ1n) is 8.14. The highest BCUT2D eigenvalue weighted by Crippen LogP contribution is 2.21. The van der Waals surface area contributed by atoms with Crippen LogP contribution in [0.25, 0.3) is 0 Å². The number of hydrogen-bond acceptors (Lipinski definition) is 4. The molecule has 0 atom stereocenters. The standard InChI is InChI=1S/C14H30N2O4Si2/c1-7-9-21(10-8-2)19-13(17)15-16-14(18)20-22(11(3)4)12(5)6/h11-12,21-22H,7-10H2,1-6H3. The third-order valence-corrected chi connectivity index (χ3v) is 9.33. The van der Waals surface area contributed by atoms with Crippen LogP contribution in [0.1, 0.15) is 54.4 Å². The monoisotopic (exact) mass is 346 g/mol. The first-order valence-corrected chi connectivity index (χ1v) is 12.1. The number of carbonyl (C=O) groups is 2. The SMILES string of the molecule is CCC[SiH](CCC)OC(=O)N=NC(=O)O[SiH](C(C)C)C(C)C. The van der Waals surface area contributed by atoms with E-state index in [1.807, 2.05) is 27.7 Å². The molecule has 0 unspecified atom stereocenters. The van der Waals surface area contributed by atoms with Gasteiger partial charge in [0.1, 0.15) is 0 Å². The molecule has 0 spiro atoms. The molecule has 128 valence electrons. The average Bonchev–Trinajstić information content (AvgIpc) is 2.42.